The lowest BCUT2D eigenvalue weighted by molar-refractivity contribution is 1.67. The van der Waals surface area contributed by atoms with E-state index >= 15 is 0 Å². The third-order valence-electron chi connectivity index (χ3n) is 2.44. The van der Waals surface area contributed by atoms with Gasteiger partial charge in [-0.3, -0.25) is 0 Å². The fraction of sp³-hybridized carbons (Fsp3) is 0. The van der Waals surface area contributed by atoms with Crippen LogP contribution in [0.3, 0.4) is 0 Å². The lowest BCUT2D eigenvalue weighted by atomic mass is 10.1. The summed E-state index contributed by atoms with van der Waals surface area (Å²) in [6, 6.07) is 22.8. The Labute approximate surface area is 96.2 Å². The molecule has 0 atom stereocenters. The van der Waals surface area contributed by atoms with Gasteiger partial charge in [0.15, 0.2) is 0 Å². The van der Waals surface area contributed by atoms with E-state index in [1.54, 1.807) is 0 Å². The van der Waals surface area contributed by atoms with Gasteiger partial charge in [0.05, 0.1) is 0 Å². The summed E-state index contributed by atoms with van der Waals surface area (Å²) in [5, 5.41) is 2.61. The van der Waals surface area contributed by atoms with Crippen LogP contribution >= 0.6 is 0 Å². The predicted octanol–water partition coefficient (Wildman–Crippen LogP) is 4.61. The van der Waals surface area contributed by atoms with E-state index in [2.05, 4.69) is 43.0 Å². The standard InChI is InChI=1S/C8H6.C8H8/c1-2-8-5-3-7(1)4-6-8;1-2-8-6-4-3-5-7-8/h1-6H;2-7H,1H2. The van der Waals surface area contributed by atoms with Gasteiger partial charge in [-0.25, -0.2) is 0 Å². The molecule has 4 aromatic carbocycles. The number of rotatable bonds is 1. The average Bonchev–Trinajstić information content (AvgIpc) is 2.43. The van der Waals surface area contributed by atoms with E-state index in [1.165, 1.54) is 16.3 Å². The molecule has 0 saturated carbocycles. The number of hydrogen-bond acceptors (Lipinski definition) is 0. The third kappa shape index (κ3) is 2.71. The van der Waals surface area contributed by atoms with E-state index in [1.807, 2.05) is 36.4 Å². The fourth-order valence-electron chi connectivity index (χ4n) is 1.50. The van der Waals surface area contributed by atoms with E-state index in [0.717, 1.165) is 0 Å². The molecule has 0 nitrogen and oxygen atoms in total. The van der Waals surface area contributed by atoms with Crippen molar-refractivity contribution in [2.24, 2.45) is 0 Å². The van der Waals surface area contributed by atoms with E-state index in [9.17, 15) is 0 Å². The van der Waals surface area contributed by atoms with Gasteiger partial charge in [0.2, 0.25) is 0 Å². The SMILES string of the molecule is C=Cc1ccccc1.c1cc2ccc1cc2. The first-order valence-electron chi connectivity index (χ1n) is 5.34. The van der Waals surface area contributed by atoms with Gasteiger partial charge in [0.1, 0.15) is 0 Å². The molecule has 0 heteroatoms. The highest BCUT2D eigenvalue weighted by molar-refractivity contribution is 5.68. The Balaban J connectivity index is 0.000000120. The van der Waals surface area contributed by atoms with Gasteiger partial charge >= 0.3 is 0 Å². The highest BCUT2D eigenvalue weighted by Crippen LogP contribution is 2.09. The minimum atomic E-state index is 1.17. The fourth-order valence-corrected chi connectivity index (χ4v) is 1.50. The molecule has 0 spiro atoms. The van der Waals surface area contributed by atoms with Crippen molar-refractivity contribution in [1.29, 1.82) is 0 Å². The van der Waals surface area contributed by atoms with Crippen LogP contribution in [0.15, 0.2) is 73.3 Å². The summed E-state index contributed by atoms with van der Waals surface area (Å²) < 4.78 is 0. The van der Waals surface area contributed by atoms with Crippen LogP contribution in [-0.4, -0.2) is 0 Å². The van der Waals surface area contributed by atoms with E-state index in [-0.39, 0.29) is 0 Å². The summed E-state index contributed by atoms with van der Waals surface area (Å²) in [5.74, 6) is 0. The average molecular weight is 206 g/mol. The molecule has 4 aromatic rings. The van der Waals surface area contributed by atoms with E-state index in [4.69, 9.17) is 0 Å². The van der Waals surface area contributed by atoms with E-state index < -0.39 is 0 Å². The van der Waals surface area contributed by atoms with Crippen molar-refractivity contribution in [3.05, 3.63) is 78.9 Å². The van der Waals surface area contributed by atoms with Crippen molar-refractivity contribution in [2.75, 3.05) is 0 Å². The van der Waals surface area contributed by atoms with Gasteiger partial charge in [-0.2, -0.15) is 0 Å². The lowest BCUT2D eigenvalue weighted by Crippen LogP contribution is -1.67. The first-order chi connectivity index (χ1) is 7.88. The largest absolute Gasteiger partial charge is 0.0985 e. The van der Waals surface area contributed by atoms with Gasteiger partial charge in [-0.05, 0) is 16.3 Å². The molecule has 0 amide bonds. The maximum Gasteiger partial charge on any atom is -0.0256 e. The Bertz CT molecular complexity index is 460. The zero-order chi connectivity index (χ0) is 11.2. The minimum absolute atomic E-state index is 1.17. The van der Waals surface area contributed by atoms with Gasteiger partial charge < -0.3 is 0 Å². The van der Waals surface area contributed by atoms with Gasteiger partial charge in [-0.1, -0.05) is 79.4 Å². The molecular weight excluding hydrogens is 192 g/mol. The molecule has 16 heavy (non-hydrogen) atoms. The first-order valence-corrected chi connectivity index (χ1v) is 5.34. The Morgan fingerprint density at radius 1 is 0.625 bits per heavy atom. The molecule has 0 N–H and O–H groups in total. The normalized spacial score (nSPS) is 9.50. The molecule has 0 unspecified atom stereocenters. The van der Waals surface area contributed by atoms with Gasteiger partial charge in [0.25, 0.3) is 0 Å². The van der Waals surface area contributed by atoms with Crippen LogP contribution in [0.1, 0.15) is 5.56 Å². The third-order valence-corrected chi connectivity index (χ3v) is 2.44. The second-order valence-electron chi connectivity index (χ2n) is 3.61. The Morgan fingerprint density at radius 2 is 1.06 bits per heavy atom. The molecule has 0 aliphatic rings. The highest BCUT2D eigenvalue weighted by Gasteiger charge is 1.84. The van der Waals surface area contributed by atoms with Crippen molar-refractivity contribution in [3.63, 3.8) is 0 Å². The summed E-state index contributed by atoms with van der Waals surface area (Å²) in [6.07, 6.45) is 1.83. The number of fused-ring (bicyclic) bond motifs is 3. The molecule has 4 rings (SSSR count). The summed E-state index contributed by atoms with van der Waals surface area (Å²) >= 11 is 0. The van der Waals surface area contributed by atoms with Crippen LogP contribution in [0, 0.1) is 0 Å². The molecule has 78 valence electrons. The molecule has 2 bridgehead atoms. The number of hydrogen-bond donors (Lipinski definition) is 0. The second-order valence-corrected chi connectivity index (χ2v) is 3.61. The van der Waals surface area contributed by atoms with Crippen LogP contribution in [0.5, 0.6) is 0 Å². The summed E-state index contributed by atoms with van der Waals surface area (Å²) in [5.41, 5.74) is 1.17. The topological polar surface area (TPSA) is 0 Å². The Morgan fingerprint density at radius 3 is 1.31 bits per heavy atom. The van der Waals surface area contributed by atoms with E-state index in [0.29, 0.717) is 0 Å². The smallest absolute Gasteiger partial charge is 0.0256 e. The van der Waals surface area contributed by atoms with Crippen molar-refractivity contribution in [1.82, 2.24) is 0 Å². The molecular formula is C16H14. The molecule has 0 aliphatic heterocycles. The molecule has 0 aliphatic carbocycles. The highest BCUT2D eigenvalue weighted by atomic mass is 13.9. The first kappa shape index (κ1) is 10.4. The van der Waals surface area contributed by atoms with Crippen molar-refractivity contribution in [3.8, 4) is 0 Å². The van der Waals surface area contributed by atoms with Crippen molar-refractivity contribution in [2.45, 2.75) is 0 Å². The molecule has 0 saturated heterocycles. The van der Waals surface area contributed by atoms with Crippen LogP contribution < -0.4 is 0 Å². The molecule has 0 heterocycles. The van der Waals surface area contributed by atoms with Crippen LogP contribution in [0.25, 0.3) is 16.8 Å². The van der Waals surface area contributed by atoms with Crippen molar-refractivity contribution < 1.29 is 0 Å². The zero-order valence-corrected chi connectivity index (χ0v) is 9.14. The molecule has 0 fully saturated rings. The van der Waals surface area contributed by atoms with Crippen molar-refractivity contribution >= 4 is 16.8 Å². The second kappa shape index (κ2) is 5.13. The molecule has 0 aromatic heterocycles. The lowest BCUT2D eigenvalue weighted by Gasteiger charge is -1.92. The van der Waals surface area contributed by atoms with Crippen LogP contribution in [-0.2, 0) is 0 Å². The summed E-state index contributed by atoms with van der Waals surface area (Å²) in [6.45, 7) is 3.63. The Hall–Kier alpha value is -2.08. The van der Waals surface area contributed by atoms with Gasteiger partial charge in [0, 0.05) is 0 Å². The quantitative estimate of drug-likeness (QED) is 0.545. The predicted molar refractivity (Wildman–Crippen MR) is 71.7 cm³/mol. The summed E-state index contributed by atoms with van der Waals surface area (Å²) in [4.78, 5) is 0. The maximum atomic E-state index is 3.63. The maximum absolute atomic E-state index is 3.63. The zero-order valence-electron chi connectivity index (χ0n) is 9.14. The summed E-state index contributed by atoms with van der Waals surface area (Å²) in [7, 11) is 0. The molecule has 0 radical (unpaired) electrons. The van der Waals surface area contributed by atoms with Crippen LogP contribution in [0.4, 0.5) is 0 Å². The van der Waals surface area contributed by atoms with Gasteiger partial charge in [-0.15, -0.1) is 0 Å². The minimum Gasteiger partial charge on any atom is -0.0985 e. The monoisotopic (exact) mass is 206 g/mol. The number of benzene rings is 4. The Kier molecular flexibility index (Phi) is 3.35. The van der Waals surface area contributed by atoms with Crippen LogP contribution in [0.2, 0.25) is 0 Å².